The van der Waals surface area contributed by atoms with Crippen molar-refractivity contribution in [1.82, 2.24) is 0 Å². The Hall–Kier alpha value is 0. The molecule has 0 radical (unpaired) electrons. The molecule has 0 heteroatoms. The Morgan fingerprint density at radius 3 is 1.22 bits per heavy atom. The van der Waals surface area contributed by atoms with Gasteiger partial charge < -0.3 is 0 Å². The van der Waals surface area contributed by atoms with Crippen molar-refractivity contribution in [3.05, 3.63) is 0 Å². The van der Waals surface area contributed by atoms with Crippen LogP contribution < -0.4 is 0 Å². The van der Waals surface area contributed by atoms with Crippen LogP contribution >= 0.6 is 0 Å². The Bertz CT molecular complexity index is 321. The maximum absolute atomic E-state index is 2.55. The van der Waals surface area contributed by atoms with Gasteiger partial charge in [-0.05, 0) is 39.9 Å². The largest absolute Gasteiger partial charge is 0.0654 e. The third-order valence-corrected chi connectivity index (χ3v) is 8.54. The number of hydrogen-bond acceptors (Lipinski definition) is 0. The van der Waals surface area contributed by atoms with E-state index in [1.165, 1.54) is 19.3 Å². The normalized spacial score (nSPS) is 41.0. The summed E-state index contributed by atoms with van der Waals surface area (Å²) in [6, 6.07) is 0. The van der Waals surface area contributed by atoms with Gasteiger partial charge in [-0.2, -0.15) is 0 Å². The summed E-state index contributed by atoms with van der Waals surface area (Å²) in [5.41, 5.74) is 1.90. The molecule has 1 fully saturated rings. The van der Waals surface area contributed by atoms with Crippen molar-refractivity contribution in [1.29, 1.82) is 0 Å². The predicted octanol–water partition coefficient (Wildman–Crippen LogP) is 6.30. The molecule has 1 aliphatic rings. The molecule has 0 amide bonds. The van der Waals surface area contributed by atoms with Crippen LogP contribution in [0.2, 0.25) is 0 Å². The van der Waals surface area contributed by atoms with E-state index in [-0.39, 0.29) is 0 Å². The van der Waals surface area contributed by atoms with Gasteiger partial charge in [0, 0.05) is 0 Å². The van der Waals surface area contributed by atoms with Gasteiger partial charge >= 0.3 is 0 Å². The van der Waals surface area contributed by atoms with E-state index < -0.39 is 0 Å². The molecule has 0 bridgehead atoms. The molecular formula is C18H36. The van der Waals surface area contributed by atoms with Crippen molar-refractivity contribution in [2.75, 3.05) is 0 Å². The lowest BCUT2D eigenvalue weighted by molar-refractivity contribution is -0.0199. The molecule has 2 atom stereocenters. The van der Waals surface area contributed by atoms with Crippen LogP contribution in [0, 0.1) is 27.1 Å². The van der Waals surface area contributed by atoms with Crippen LogP contribution in [0.3, 0.4) is 0 Å². The van der Waals surface area contributed by atoms with E-state index in [9.17, 15) is 0 Å². The highest BCUT2D eigenvalue weighted by atomic mass is 14.8. The third kappa shape index (κ3) is 1.33. The Labute approximate surface area is 116 Å². The zero-order chi connectivity index (χ0) is 14.6. The quantitative estimate of drug-likeness (QED) is 0.553. The molecule has 0 saturated heterocycles. The van der Waals surface area contributed by atoms with Crippen molar-refractivity contribution < 1.29 is 0 Å². The minimum Gasteiger partial charge on any atom is -0.0654 e. The van der Waals surface area contributed by atoms with Gasteiger partial charge in [-0.3, -0.25) is 0 Å². The van der Waals surface area contributed by atoms with Gasteiger partial charge in [-0.15, -0.1) is 0 Å². The van der Waals surface area contributed by atoms with E-state index >= 15 is 0 Å². The molecule has 0 nitrogen and oxygen atoms in total. The zero-order valence-electron chi connectivity index (χ0n) is 14.6. The van der Waals surface area contributed by atoms with Crippen molar-refractivity contribution in [2.45, 2.75) is 88.5 Å². The highest BCUT2D eigenvalue weighted by molar-refractivity contribution is 5.21. The first kappa shape index (κ1) is 16.1. The summed E-state index contributed by atoms with van der Waals surface area (Å²) in [5.74, 6) is 0. The fourth-order valence-corrected chi connectivity index (χ4v) is 5.56. The minimum absolute atomic E-state index is 0.363. The first-order chi connectivity index (χ1) is 7.87. The van der Waals surface area contributed by atoms with Crippen LogP contribution in [0.1, 0.15) is 88.5 Å². The fourth-order valence-electron chi connectivity index (χ4n) is 5.56. The lowest BCUT2D eigenvalue weighted by Gasteiger charge is -2.50. The highest BCUT2D eigenvalue weighted by Gasteiger charge is 2.73. The zero-order valence-corrected chi connectivity index (χ0v) is 14.6. The van der Waals surface area contributed by atoms with Crippen LogP contribution in [0.15, 0.2) is 0 Å². The maximum Gasteiger partial charge on any atom is -0.0213 e. The average molecular weight is 252 g/mol. The Morgan fingerprint density at radius 2 is 0.944 bits per heavy atom. The molecule has 0 spiro atoms. The minimum atomic E-state index is 0.363. The molecule has 108 valence electrons. The first-order valence-corrected chi connectivity index (χ1v) is 7.87. The molecule has 0 aliphatic heterocycles. The summed E-state index contributed by atoms with van der Waals surface area (Å²) >= 11 is 0. The summed E-state index contributed by atoms with van der Waals surface area (Å²) in [6.45, 7) is 24.9. The van der Waals surface area contributed by atoms with Crippen LogP contribution in [-0.2, 0) is 0 Å². The molecular weight excluding hydrogens is 216 g/mol. The molecule has 1 aliphatic carbocycles. The number of hydrogen-bond donors (Lipinski definition) is 0. The molecule has 18 heavy (non-hydrogen) atoms. The SMILES string of the molecule is CCCC1(C)C(C)(C)C(C)(C)C(C)(CC)C1(C)C. The van der Waals surface area contributed by atoms with Crippen molar-refractivity contribution in [3.8, 4) is 0 Å². The summed E-state index contributed by atoms with van der Waals surface area (Å²) in [6.07, 6.45) is 3.90. The van der Waals surface area contributed by atoms with E-state index in [1.807, 2.05) is 0 Å². The molecule has 1 saturated carbocycles. The summed E-state index contributed by atoms with van der Waals surface area (Å²) < 4.78 is 0. The topological polar surface area (TPSA) is 0 Å². The molecule has 0 heterocycles. The lowest BCUT2D eigenvalue weighted by atomic mass is 9.54. The van der Waals surface area contributed by atoms with Gasteiger partial charge in [0.15, 0.2) is 0 Å². The molecule has 0 aromatic heterocycles. The van der Waals surface area contributed by atoms with Gasteiger partial charge in [-0.1, -0.05) is 75.7 Å². The predicted molar refractivity (Wildman–Crippen MR) is 82.8 cm³/mol. The van der Waals surface area contributed by atoms with Crippen molar-refractivity contribution >= 4 is 0 Å². The first-order valence-electron chi connectivity index (χ1n) is 7.87. The molecule has 0 aromatic rings. The van der Waals surface area contributed by atoms with Crippen LogP contribution in [0.25, 0.3) is 0 Å². The van der Waals surface area contributed by atoms with Gasteiger partial charge in [0.25, 0.3) is 0 Å². The van der Waals surface area contributed by atoms with Gasteiger partial charge in [-0.25, -0.2) is 0 Å². The maximum atomic E-state index is 2.55. The van der Waals surface area contributed by atoms with Crippen molar-refractivity contribution in [3.63, 3.8) is 0 Å². The van der Waals surface area contributed by atoms with Gasteiger partial charge in [0.2, 0.25) is 0 Å². The molecule has 0 N–H and O–H groups in total. The van der Waals surface area contributed by atoms with Crippen LogP contribution in [-0.4, -0.2) is 0 Å². The second-order valence-electron chi connectivity index (χ2n) is 8.64. The highest BCUT2D eigenvalue weighted by Crippen LogP contribution is 2.80. The molecule has 1 rings (SSSR count). The summed E-state index contributed by atoms with van der Waals surface area (Å²) in [7, 11) is 0. The van der Waals surface area contributed by atoms with Crippen LogP contribution in [0.4, 0.5) is 0 Å². The smallest absolute Gasteiger partial charge is 0.0213 e. The van der Waals surface area contributed by atoms with Crippen LogP contribution in [0.5, 0.6) is 0 Å². The van der Waals surface area contributed by atoms with E-state index in [0.29, 0.717) is 27.1 Å². The van der Waals surface area contributed by atoms with Gasteiger partial charge in [0.1, 0.15) is 0 Å². The lowest BCUT2D eigenvalue weighted by Crippen LogP contribution is -2.43. The average Bonchev–Trinajstić information content (AvgIpc) is 2.30. The van der Waals surface area contributed by atoms with E-state index in [2.05, 4.69) is 69.2 Å². The van der Waals surface area contributed by atoms with E-state index in [1.54, 1.807) is 0 Å². The molecule has 0 aromatic carbocycles. The van der Waals surface area contributed by atoms with E-state index in [0.717, 1.165) is 0 Å². The Balaban J connectivity index is 3.58. The molecule has 2 unspecified atom stereocenters. The number of rotatable bonds is 3. The summed E-state index contributed by atoms with van der Waals surface area (Å²) in [4.78, 5) is 0. The Kier molecular flexibility index (Phi) is 3.56. The standard InChI is InChI=1S/C18H36/c1-11-13-18(10)15(5,6)14(3,4)17(9,12-2)16(18,7)8/h11-13H2,1-10H3. The third-order valence-electron chi connectivity index (χ3n) is 8.54. The second-order valence-corrected chi connectivity index (χ2v) is 8.64. The second kappa shape index (κ2) is 4.00. The van der Waals surface area contributed by atoms with E-state index in [4.69, 9.17) is 0 Å². The Morgan fingerprint density at radius 1 is 0.556 bits per heavy atom. The van der Waals surface area contributed by atoms with Crippen molar-refractivity contribution in [2.24, 2.45) is 27.1 Å². The van der Waals surface area contributed by atoms with Gasteiger partial charge in [0.05, 0.1) is 0 Å². The summed E-state index contributed by atoms with van der Waals surface area (Å²) in [5, 5.41) is 0. The fraction of sp³-hybridized carbons (Fsp3) is 1.00. The monoisotopic (exact) mass is 252 g/mol.